The zero-order valence-corrected chi connectivity index (χ0v) is 16.6. The molecule has 0 atom stereocenters. The number of nitrogens with zero attached hydrogens (tertiary/aromatic N) is 3. The Morgan fingerprint density at radius 1 is 1.07 bits per heavy atom. The molecule has 144 valence electrons. The fourth-order valence-corrected chi connectivity index (χ4v) is 3.53. The molecule has 0 radical (unpaired) electrons. The Labute approximate surface area is 169 Å². The third-order valence-corrected chi connectivity index (χ3v) is 5.09. The van der Waals surface area contributed by atoms with E-state index in [9.17, 15) is 5.11 Å². The molecule has 6 heteroatoms. The molecule has 1 N–H and O–H groups in total. The molecule has 1 aromatic heterocycles. The summed E-state index contributed by atoms with van der Waals surface area (Å²) in [6, 6.07) is 15.3. The molecule has 0 saturated heterocycles. The number of aromatic nitrogens is 2. The van der Waals surface area contributed by atoms with Gasteiger partial charge in [0.1, 0.15) is 6.61 Å². The smallest absolute Gasteiger partial charge is 0.166 e. The van der Waals surface area contributed by atoms with Crippen molar-refractivity contribution in [3.05, 3.63) is 64.8 Å². The summed E-state index contributed by atoms with van der Waals surface area (Å²) in [5, 5.41) is 19.9. The third kappa shape index (κ3) is 3.76. The predicted octanol–water partition coefficient (Wildman–Crippen LogP) is 5.03. The van der Waals surface area contributed by atoms with Crippen LogP contribution in [-0.2, 0) is 6.54 Å². The average molecular weight is 396 g/mol. The van der Waals surface area contributed by atoms with E-state index in [-0.39, 0.29) is 5.75 Å². The Balaban J connectivity index is 1.68. The molecule has 4 rings (SSSR count). The van der Waals surface area contributed by atoms with E-state index in [2.05, 4.69) is 28.9 Å². The van der Waals surface area contributed by atoms with Gasteiger partial charge in [0.15, 0.2) is 17.3 Å². The normalized spacial score (nSPS) is 13.8. The minimum Gasteiger partial charge on any atom is -0.504 e. The van der Waals surface area contributed by atoms with Crippen molar-refractivity contribution in [3.63, 3.8) is 0 Å². The second kappa shape index (κ2) is 7.68. The molecule has 2 aromatic carbocycles. The van der Waals surface area contributed by atoms with E-state index >= 15 is 0 Å². The van der Waals surface area contributed by atoms with Crippen molar-refractivity contribution >= 4 is 17.4 Å². The van der Waals surface area contributed by atoms with Crippen LogP contribution in [0.4, 0.5) is 5.82 Å². The van der Waals surface area contributed by atoms with Crippen molar-refractivity contribution in [2.45, 2.75) is 26.3 Å². The van der Waals surface area contributed by atoms with Crippen LogP contribution >= 0.6 is 11.6 Å². The van der Waals surface area contributed by atoms with Crippen LogP contribution in [-0.4, -0.2) is 28.5 Å². The number of fused-ring (bicyclic) bond motifs is 1. The quantitative estimate of drug-likeness (QED) is 0.674. The Morgan fingerprint density at radius 2 is 1.93 bits per heavy atom. The van der Waals surface area contributed by atoms with Crippen LogP contribution in [0.5, 0.6) is 11.5 Å². The van der Waals surface area contributed by atoms with Gasteiger partial charge in [0.25, 0.3) is 0 Å². The van der Waals surface area contributed by atoms with Gasteiger partial charge in [-0.05, 0) is 53.4 Å². The van der Waals surface area contributed by atoms with E-state index in [1.165, 1.54) is 0 Å². The number of hydrogen-bond acceptors (Lipinski definition) is 5. The molecule has 0 unspecified atom stereocenters. The number of phenolic OH excluding ortho intramolecular Hbond substituents is 1. The summed E-state index contributed by atoms with van der Waals surface area (Å²) in [5.74, 6) is 1.80. The SMILES string of the molecule is CC(C)c1ccc(N2CCOc3c(O)cc(-c4cccc(Cl)c4)cc3C2)nn1. The van der Waals surface area contributed by atoms with Crippen LogP contribution in [0.2, 0.25) is 5.02 Å². The fraction of sp³-hybridized carbons (Fsp3) is 0.273. The lowest BCUT2D eigenvalue weighted by atomic mass is 10.0. The summed E-state index contributed by atoms with van der Waals surface area (Å²) in [6.45, 7) is 5.90. The van der Waals surface area contributed by atoms with Gasteiger partial charge in [0.05, 0.1) is 12.2 Å². The van der Waals surface area contributed by atoms with Gasteiger partial charge in [-0.2, -0.15) is 5.10 Å². The average Bonchev–Trinajstić information content (AvgIpc) is 2.91. The first-order valence-electron chi connectivity index (χ1n) is 9.34. The first-order valence-corrected chi connectivity index (χ1v) is 9.72. The molecule has 0 fully saturated rings. The highest BCUT2D eigenvalue weighted by Gasteiger charge is 2.21. The van der Waals surface area contributed by atoms with Crippen molar-refractivity contribution in [1.82, 2.24) is 10.2 Å². The van der Waals surface area contributed by atoms with Crippen LogP contribution in [0.3, 0.4) is 0 Å². The topological polar surface area (TPSA) is 58.5 Å². The number of anilines is 1. The van der Waals surface area contributed by atoms with Crippen molar-refractivity contribution in [2.75, 3.05) is 18.1 Å². The summed E-state index contributed by atoms with van der Waals surface area (Å²) in [7, 11) is 0. The maximum Gasteiger partial charge on any atom is 0.166 e. The summed E-state index contributed by atoms with van der Waals surface area (Å²) >= 11 is 6.13. The van der Waals surface area contributed by atoms with Gasteiger partial charge in [-0.3, -0.25) is 0 Å². The highest BCUT2D eigenvalue weighted by Crippen LogP contribution is 2.38. The molecule has 1 aliphatic rings. The molecular formula is C22H22ClN3O2. The Kier molecular flexibility index (Phi) is 5.09. The number of rotatable bonds is 3. The van der Waals surface area contributed by atoms with Gasteiger partial charge >= 0.3 is 0 Å². The van der Waals surface area contributed by atoms with E-state index in [0.717, 1.165) is 28.2 Å². The highest BCUT2D eigenvalue weighted by molar-refractivity contribution is 6.30. The van der Waals surface area contributed by atoms with Gasteiger partial charge in [0, 0.05) is 17.1 Å². The Morgan fingerprint density at radius 3 is 2.64 bits per heavy atom. The Bertz CT molecular complexity index is 990. The van der Waals surface area contributed by atoms with Crippen molar-refractivity contribution < 1.29 is 9.84 Å². The monoisotopic (exact) mass is 395 g/mol. The Hall–Kier alpha value is -2.79. The van der Waals surface area contributed by atoms with Crippen molar-refractivity contribution in [2.24, 2.45) is 0 Å². The van der Waals surface area contributed by atoms with E-state index in [0.29, 0.717) is 36.4 Å². The predicted molar refractivity (Wildman–Crippen MR) is 111 cm³/mol. The van der Waals surface area contributed by atoms with Crippen LogP contribution in [0.25, 0.3) is 11.1 Å². The molecule has 0 aliphatic carbocycles. The van der Waals surface area contributed by atoms with Crippen LogP contribution < -0.4 is 9.64 Å². The van der Waals surface area contributed by atoms with Crippen LogP contribution in [0.15, 0.2) is 48.5 Å². The van der Waals surface area contributed by atoms with E-state index in [4.69, 9.17) is 16.3 Å². The highest BCUT2D eigenvalue weighted by atomic mass is 35.5. The fourth-order valence-electron chi connectivity index (χ4n) is 3.34. The minimum absolute atomic E-state index is 0.135. The van der Waals surface area contributed by atoms with Crippen molar-refractivity contribution in [3.8, 4) is 22.6 Å². The van der Waals surface area contributed by atoms with Crippen molar-refractivity contribution in [1.29, 1.82) is 0 Å². The first-order chi connectivity index (χ1) is 13.5. The summed E-state index contributed by atoms with van der Waals surface area (Å²) in [4.78, 5) is 2.12. The number of phenols is 1. The molecule has 3 aromatic rings. The van der Waals surface area contributed by atoms with E-state index in [1.807, 2.05) is 42.5 Å². The summed E-state index contributed by atoms with van der Waals surface area (Å²) in [5.41, 5.74) is 3.71. The zero-order chi connectivity index (χ0) is 19.7. The molecule has 0 spiro atoms. The summed E-state index contributed by atoms with van der Waals surface area (Å²) < 4.78 is 5.84. The molecular weight excluding hydrogens is 374 g/mol. The lowest BCUT2D eigenvalue weighted by Gasteiger charge is -2.21. The van der Waals surface area contributed by atoms with Gasteiger partial charge in [-0.25, -0.2) is 0 Å². The molecule has 0 amide bonds. The maximum absolute atomic E-state index is 10.5. The molecule has 5 nitrogen and oxygen atoms in total. The standard InChI is InChI=1S/C22H22ClN3O2/c1-14(2)19-6-7-21(25-24-19)26-8-9-28-22-17(13-26)10-16(12-20(22)27)15-4-3-5-18(23)11-15/h3-7,10-12,14,27H,8-9,13H2,1-2H3. The number of hydrogen-bond donors (Lipinski definition) is 1. The third-order valence-electron chi connectivity index (χ3n) is 4.86. The molecule has 0 bridgehead atoms. The molecule has 2 heterocycles. The van der Waals surface area contributed by atoms with Gasteiger partial charge < -0.3 is 14.7 Å². The molecule has 1 aliphatic heterocycles. The van der Waals surface area contributed by atoms with Gasteiger partial charge in [0.2, 0.25) is 0 Å². The first kappa shape index (κ1) is 18.6. The lowest BCUT2D eigenvalue weighted by Crippen LogP contribution is -2.26. The largest absolute Gasteiger partial charge is 0.504 e. The van der Waals surface area contributed by atoms with E-state index < -0.39 is 0 Å². The van der Waals surface area contributed by atoms with Gasteiger partial charge in [-0.15, -0.1) is 5.10 Å². The molecule has 0 saturated carbocycles. The number of halogens is 1. The van der Waals surface area contributed by atoms with Crippen LogP contribution in [0.1, 0.15) is 31.0 Å². The lowest BCUT2D eigenvalue weighted by molar-refractivity contribution is 0.311. The summed E-state index contributed by atoms with van der Waals surface area (Å²) in [6.07, 6.45) is 0. The van der Waals surface area contributed by atoms with Gasteiger partial charge in [-0.1, -0.05) is 37.6 Å². The number of aromatic hydroxyl groups is 1. The second-order valence-electron chi connectivity index (χ2n) is 7.24. The maximum atomic E-state index is 10.5. The second-order valence-corrected chi connectivity index (χ2v) is 7.67. The number of ether oxygens (including phenoxy) is 1. The zero-order valence-electron chi connectivity index (χ0n) is 15.9. The van der Waals surface area contributed by atoms with E-state index in [1.54, 1.807) is 6.07 Å². The molecule has 28 heavy (non-hydrogen) atoms. The van der Waals surface area contributed by atoms with Crippen LogP contribution in [0, 0.1) is 0 Å². The number of benzene rings is 2. The minimum atomic E-state index is 0.135.